The van der Waals surface area contributed by atoms with Crippen LogP contribution in [0.15, 0.2) is 65.0 Å². The molecule has 2 N–H and O–H groups in total. The second-order valence-corrected chi connectivity index (χ2v) is 7.67. The van der Waals surface area contributed by atoms with Gasteiger partial charge in [0.25, 0.3) is 11.6 Å². The molecule has 9 heteroatoms. The second kappa shape index (κ2) is 8.33. The molecule has 1 aliphatic carbocycles. The predicted molar refractivity (Wildman–Crippen MR) is 113 cm³/mol. The van der Waals surface area contributed by atoms with Crippen molar-refractivity contribution in [2.75, 3.05) is 5.32 Å². The Kier molecular flexibility index (Phi) is 5.56. The van der Waals surface area contributed by atoms with Crippen LogP contribution in [0, 0.1) is 21.7 Å². The number of carbonyl (C=O) groups is 2. The summed E-state index contributed by atoms with van der Waals surface area (Å²) in [7, 11) is 0. The van der Waals surface area contributed by atoms with E-state index in [1.807, 2.05) is 0 Å². The minimum atomic E-state index is -0.944. The number of dihydropyridines is 1. The summed E-state index contributed by atoms with van der Waals surface area (Å²) in [5, 5.41) is 16.7. The molecule has 1 heterocycles. The third-order valence-corrected chi connectivity index (χ3v) is 5.64. The van der Waals surface area contributed by atoms with Crippen molar-refractivity contribution in [1.29, 1.82) is 0 Å². The number of anilines is 1. The average molecular weight is 439 g/mol. The molecule has 1 atom stereocenters. The molecule has 0 fully saturated rings. The van der Waals surface area contributed by atoms with Gasteiger partial charge < -0.3 is 10.6 Å². The molecule has 164 valence electrons. The fourth-order valence-corrected chi connectivity index (χ4v) is 4.23. The number of nitrogens with one attached hydrogen (secondary N) is 2. The first kappa shape index (κ1) is 21.4. The van der Waals surface area contributed by atoms with Crippen LogP contribution in [-0.4, -0.2) is 16.6 Å². The third-order valence-electron chi connectivity index (χ3n) is 5.64. The van der Waals surface area contributed by atoms with E-state index in [9.17, 15) is 28.5 Å². The SMILES string of the molecule is CC1=C(C(=O)Nc2c(F)cccc2F)C(c2cccc([N+](=O)[O-])c2)C2=C(CCCC2=O)N1. The van der Waals surface area contributed by atoms with Gasteiger partial charge in [-0.25, -0.2) is 8.78 Å². The largest absolute Gasteiger partial charge is 0.362 e. The molecule has 0 radical (unpaired) electrons. The number of carbonyl (C=O) groups excluding carboxylic acids is 2. The molecular formula is C23H19F2N3O4. The highest BCUT2D eigenvalue weighted by molar-refractivity contribution is 6.09. The molecule has 2 aliphatic rings. The molecule has 2 aromatic rings. The molecule has 0 saturated carbocycles. The molecule has 0 saturated heterocycles. The van der Waals surface area contributed by atoms with Gasteiger partial charge in [0.1, 0.15) is 17.3 Å². The van der Waals surface area contributed by atoms with Crippen molar-refractivity contribution in [3.05, 3.63) is 92.3 Å². The first-order valence-corrected chi connectivity index (χ1v) is 10.0. The molecule has 0 bridgehead atoms. The number of rotatable bonds is 4. The van der Waals surface area contributed by atoms with E-state index in [0.29, 0.717) is 35.4 Å². The number of non-ortho nitro benzene ring substituents is 1. The van der Waals surface area contributed by atoms with Crippen LogP contribution in [0.2, 0.25) is 0 Å². The molecular weight excluding hydrogens is 420 g/mol. The highest BCUT2D eigenvalue weighted by atomic mass is 19.1. The quantitative estimate of drug-likeness (QED) is 0.540. The number of ketones is 1. The predicted octanol–water partition coefficient (Wildman–Crippen LogP) is 4.48. The van der Waals surface area contributed by atoms with Crippen LogP contribution in [0.4, 0.5) is 20.2 Å². The first-order valence-electron chi connectivity index (χ1n) is 10.0. The summed E-state index contributed by atoms with van der Waals surface area (Å²) in [6, 6.07) is 8.91. The van der Waals surface area contributed by atoms with E-state index in [0.717, 1.165) is 12.1 Å². The zero-order chi connectivity index (χ0) is 23.0. The Morgan fingerprint density at radius 1 is 1.16 bits per heavy atom. The molecule has 32 heavy (non-hydrogen) atoms. The monoisotopic (exact) mass is 439 g/mol. The van der Waals surface area contributed by atoms with Crippen LogP contribution in [-0.2, 0) is 9.59 Å². The van der Waals surface area contributed by atoms with Crippen LogP contribution >= 0.6 is 0 Å². The van der Waals surface area contributed by atoms with E-state index in [1.54, 1.807) is 13.0 Å². The van der Waals surface area contributed by atoms with Crippen molar-refractivity contribution >= 4 is 23.1 Å². The molecule has 4 rings (SSSR count). The number of benzene rings is 2. The average Bonchev–Trinajstić information content (AvgIpc) is 2.75. The number of amides is 1. The van der Waals surface area contributed by atoms with Crippen LogP contribution in [0.1, 0.15) is 37.7 Å². The summed E-state index contributed by atoms with van der Waals surface area (Å²) in [5.74, 6) is -3.78. The van der Waals surface area contributed by atoms with Crippen molar-refractivity contribution < 1.29 is 23.3 Å². The lowest BCUT2D eigenvalue weighted by Crippen LogP contribution is -2.35. The summed E-state index contributed by atoms with van der Waals surface area (Å²) < 4.78 is 28.3. The standard InChI is InChI=1S/C23H19F2N3O4/c1-12-19(23(30)27-22-15(24)7-3-8-16(22)25)20(13-5-2-6-14(11-13)28(31)32)21-17(26-12)9-4-10-18(21)29/h2-3,5-8,11,20,26H,4,9-10H2,1H3,(H,27,30). The minimum Gasteiger partial charge on any atom is -0.362 e. The van der Waals surface area contributed by atoms with Gasteiger partial charge in [-0.15, -0.1) is 0 Å². The van der Waals surface area contributed by atoms with E-state index in [-0.39, 0.29) is 23.5 Å². The lowest BCUT2D eigenvalue weighted by Gasteiger charge is -2.34. The van der Waals surface area contributed by atoms with Crippen molar-refractivity contribution in [1.82, 2.24) is 5.32 Å². The molecule has 0 aromatic heterocycles. The zero-order valence-electron chi connectivity index (χ0n) is 17.1. The fraction of sp³-hybridized carbons (Fsp3) is 0.217. The normalized spacial score (nSPS) is 18.2. The highest BCUT2D eigenvalue weighted by Crippen LogP contribution is 2.43. The van der Waals surface area contributed by atoms with Gasteiger partial charge in [-0.1, -0.05) is 18.2 Å². The molecule has 1 unspecified atom stereocenters. The van der Waals surface area contributed by atoms with Crippen LogP contribution in [0.25, 0.3) is 0 Å². The molecule has 1 aliphatic heterocycles. The first-order chi connectivity index (χ1) is 15.3. The Balaban J connectivity index is 1.84. The number of Topliss-reactive ketones (excluding diaryl/α,β-unsaturated/α-hetero) is 1. The number of nitrogens with zero attached hydrogens (tertiary/aromatic N) is 1. The number of hydrogen-bond donors (Lipinski definition) is 2. The van der Waals surface area contributed by atoms with Gasteiger partial charge in [0.2, 0.25) is 0 Å². The fourth-order valence-electron chi connectivity index (χ4n) is 4.23. The molecule has 1 amide bonds. The smallest absolute Gasteiger partial charge is 0.269 e. The van der Waals surface area contributed by atoms with E-state index >= 15 is 0 Å². The Labute approximate surface area is 182 Å². The summed E-state index contributed by atoms with van der Waals surface area (Å²) >= 11 is 0. The Bertz CT molecular complexity index is 1200. The third kappa shape index (κ3) is 3.77. The maximum Gasteiger partial charge on any atom is 0.269 e. The van der Waals surface area contributed by atoms with Crippen molar-refractivity contribution in [3.8, 4) is 0 Å². The van der Waals surface area contributed by atoms with Crippen LogP contribution in [0.3, 0.4) is 0 Å². The Hall–Kier alpha value is -3.88. The zero-order valence-corrected chi connectivity index (χ0v) is 17.1. The number of para-hydroxylation sites is 1. The van der Waals surface area contributed by atoms with Crippen molar-refractivity contribution in [2.45, 2.75) is 32.1 Å². The highest BCUT2D eigenvalue weighted by Gasteiger charge is 2.39. The lowest BCUT2D eigenvalue weighted by molar-refractivity contribution is -0.384. The van der Waals surface area contributed by atoms with Crippen LogP contribution < -0.4 is 10.6 Å². The van der Waals surface area contributed by atoms with Gasteiger partial charge in [-0.2, -0.15) is 0 Å². The van der Waals surface area contributed by atoms with E-state index in [1.165, 1.54) is 24.3 Å². The topological polar surface area (TPSA) is 101 Å². The number of halogens is 2. The Morgan fingerprint density at radius 3 is 2.53 bits per heavy atom. The summed E-state index contributed by atoms with van der Waals surface area (Å²) in [5.41, 5.74) is 1.06. The summed E-state index contributed by atoms with van der Waals surface area (Å²) in [4.78, 5) is 36.9. The summed E-state index contributed by atoms with van der Waals surface area (Å²) in [6.45, 7) is 1.62. The van der Waals surface area contributed by atoms with E-state index < -0.39 is 34.1 Å². The van der Waals surface area contributed by atoms with Gasteiger partial charge in [0, 0.05) is 47.0 Å². The van der Waals surface area contributed by atoms with Crippen molar-refractivity contribution in [3.63, 3.8) is 0 Å². The number of nitro groups is 1. The molecule has 0 spiro atoms. The van der Waals surface area contributed by atoms with Gasteiger partial charge in [0.15, 0.2) is 5.78 Å². The van der Waals surface area contributed by atoms with Gasteiger partial charge in [-0.3, -0.25) is 19.7 Å². The van der Waals surface area contributed by atoms with Crippen LogP contribution in [0.5, 0.6) is 0 Å². The molecule has 2 aromatic carbocycles. The number of hydrogen-bond acceptors (Lipinski definition) is 5. The number of nitro benzene ring substituents is 1. The second-order valence-electron chi connectivity index (χ2n) is 7.67. The number of allylic oxidation sites excluding steroid dienone is 3. The summed E-state index contributed by atoms with van der Waals surface area (Å²) in [6.07, 6.45) is 1.50. The van der Waals surface area contributed by atoms with Gasteiger partial charge in [0.05, 0.1) is 4.92 Å². The van der Waals surface area contributed by atoms with Gasteiger partial charge >= 0.3 is 0 Å². The van der Waals surface area contributed by atoms with E-state index in [2.05, 4.69) is 10.6 Å². The van der Waals surface area contributed by atoms with Gasteiger partial charge in [-0.05, 0) is 37.5 Å². The molecule has 7 nitrogen and oxygen atoms in total. The maximum absolute atomic E-state index is 14.1. The maximum atomic E-state index is 14.1. The minimum absolute atomic E-state index is 0.0714. The van der Waals surface area contributed by atoms with E-state index in [4.69, 9.17) is 0 Å². The Morgan fingerprint density at radius 2 is 1.84 bits per heavy atom. The lowest BCUT2D eigenvalue weighted by atomic mass is 9.75. The van der Waals surface area contributed by atoms with Crippen molar-refractivity contribution in [2.24, 2.45) is 0 Å².